The zero-order chi connectivity index (χ0) is 23.8. The van der Waals surface area contributed by atoms with E-state index in [1.54, 1.807) is 0 Å². The number of carboxylic acids is 2. The smallest absolute Gasteiger partial charge is 0.322 e. The molecular formula is C19H33N3O8S. The number of aliphatic hydroxyl groups excluding tert-OH is 1. The predicted molar refractivity (Wildman–Crippen MR) is 114 cm³/mol. The van der Waals surface area contributed by atoms with Crippen molar-refractivity contribution in [3.05, 3.63) is 0 Å². The molecule has 0 rings (SSSR count). The van der Waals surface area contributed by atoms with Gasteiger partial charge in [-0.1, -0.05) is 26.2 Å². The largest absolute Gasteiger partial charge is 0.480 e. The molecule has 31 heavy (non-hydrogen) atoms. The number of hydrogen-bond donors (Lipinski definition) is 6. The summed E-state index contributed by atoms with van der Waals surface area (Å²) in [7, 11) is 0. The fourth-order valence-electron chi connectivity index (χ4n) is 2.59. The highest BCUT2D eigenvalue weighted by Gasteiger charge is 2.26. The number of carbonyl (C=O) groups excluding carboxylic acids is 3. The van der Waals surface area contributed by atoms with Gasteiger partial charge in [-0.2, -0.15) is 11.8 Å². The minimum Gasteiger partial charge on any atom is -0.480 e. The first-order valence-electron chi connectivity index (χ1n) is 10.1. The normalized spacial score (nSPS) is 14.7. The van der Waals surface area contributed by atoms with E-state index in [9.17, 15) is 29.1 Å². The molecule has 0 aliphatic heterocycles. The van der Waals surface area contributed by atoms with E-state index in [0.717, 1.165) is 31.0 Å². The first-order valence-corrected chi connectivity index (χ1v) is 11.2. The van der Waals surface area contributed by atoms with E-state index >= 15 is 0 Å². The molecule has 0 radical (unpaired) electrons. The molecule has 178 valence electrons. The van der Waals surface area contributed by atoms with E-state index in [2.05, 4.69) is 10.6 Å². The van der Waals surface area contributed by atoms with E-state index in [0.29, 0.717) is 12.7 Å². The summed E-state index contributed by atoms with van der Waals surface area (Å²) in [5.41, 5.74) is 5.36. The van der Waals surface area contributed by atoms with E-state index in [1.165, 1.54) is 0 Å². The van der Waals surface area contributed by atoms with Crippen LogP contribution in [0.5, 0.6) is 0 Å². The van der Waals surface area contributed by atoms with Gasteiger partial charge in [0.15, 0.2) is 0 Å². The molecule has 0 fully saturated rings. The van der Waals surface area contributed by atoms with Gasteiger partial charge in [0.05, 0.1) is 6.10 Å². The Morgan fingerprint density at radius 2 is 1.81 bits per heavy atom. The Hall–Kier alpha value is -2.18. The van der Waals surface area contributed by atoms with Crippen LogP contribution in [0.2, 0.25) is 0 Å². The molecule has 0 unspecified atom stereocenters. The van der Waals surface area contributed by atoms with Crippen LogP contribution in [0, 0.1) is 0 Å². The van der Waals surface area contributed by atoms with E-state index in [1.807, 2.05) is 6.92 Å². The van der Waals surface area contributed by atoms with Gasteiger partial charge >= 0.3 is 11.9 Å². The van der Waals surface area contributed by atoms with Crippen LogP contribution in [0.3, 0.4) is 0 Å². The van der Waals surface area contributed by atoms with Crippen molar-refractivity contribution in [2.24, 2.45) is 5.73 Å². The van der Waals surface area contributed by atoms with Gasteiger partial charge in [-0.05, 0) is 12.8 Å². The van der Waals surface area contributed by atoms with Crippen LogP contribution in [0.15, 0.2) is 0 Å². The van der Waals surface area contributed by atoms with Gasteiger partial charge in [-0.3, -0.25) is 19.2 Å². The quantitative estimate of drug-likeness (QED) is 0.114. The van der Waals surface area contributed by atoms with Crippen molar-refractivity contribution < 1.29 is 39.3 Å². The van der Waals surface area contributed by atoms with Crippen LogP contribution in [0.4, 0.5) is 0 Å². The zero-order valence-electron chi connectivity index (χ0n) is 17.6. The van der Waals surface area contributed by atoms with Crippen molar-refractivity contribution >= 4 is 41.8 Å². The maximum absolute atomic E-state index is 12.3. The standard InChI is InChI=1S/C19H33N3O8S/c1-2-3-4-5-14(24)15(8-9-23)31-11-13(18(28)21-10-17(26)27)22-16(25)7-6-12(20)19(29)30/h9,12-15,24H,2-8,10-11,20H2,1H3,(H,21,28)(H,22,25)(H,26,27)(H,29,30)/t12-,13-,14+,15-/m0/s1. The zero-order valence-corrected chi connectivity index (χ0v) is 18.4. The lowest BCUT2D eigenvalue weighted by Gasteiger charge is -2.24. The van der Waals surface area contributed by atoms with Gasteiger partial charge < -0.3 is 36.5 Å². The van der Waals surface area contributed by atoms with Crippen molar-refractivity contribution in [3.63, 3.8) is 0 Å². The van der Waals surface area contributed by atoms with Crippen LogP contribution in [-0.4, -0.2) is 81.1 Å². The maximum Gasteiger partial charge on any atom is 0.322 e. The van der Waals surface area contributed by atoms with Gasteiger partial charge in [0.2, 0.25) is 11.8 Å². The summed E-state index contributed by atoms with van der Waals surface area (Å²) in [4.78, 5) is 56.9. The second-order valence-corrected chi connectivity index (χ2v) is 8.32. The molecule has 0 bridgehead atoms. The van der Waals surface area contributed by atoms with Crippen LogP contribution in [-0.2, 0) is 24.0 Å². The minimum atomic E-state index is -1.26. The molecule has 0 saturated heterocycles. The highest BCUT2D eigenvalue weighted by Crippen LogP contribution is 2.22. The van der Waals surface area contributed by atoms with Gasteiger partial charge in [-0.15, -0.1) is 0 Å². The fraction of sp³-hybridized carbons (Fsp3) is 0.737. The molecule has 0 spiro atoms. The molecule has 0 aromatic carbocycles. The van der Waals surface area contributed by atoms with Gasteiger partial charge in [0.1, 0.15) is 24.9 Å². The van der Waals surface area contributed by atoms with Crippen molar-refractivity contribution in [1.82, 2.24) is 10.6 Å². The van der Waals surface area contributed by atoms with E-state index in [-0.39, 0.29) is 25.0 Å². The van der Waals surface area contributed by atoms with Gasteiger partial charge in [0, 0.05) is 23.8 Å². The number of hydrogen-bond acceptors (Lipinski definition) is 8. The third kappa shape index (κ3) is 13.7. The fourth-order valence-corrected chi connectivity index (χ4v) is 3.83. The summed E-state index contributed by atoms with van der Waals surface area (Å²) in [6.07, 6.45) is 2.78. The van der Waals surface area contributed by atoms with Gasteiger partial charge in [0.25, 0.3) is 0 Å². The Morgan fingerprint density at radius 1 is 1.13 bits per heavy atom. The molecule has 0 aromatic rings. The number of nitrogens with two attached hydrogens (primary N) is 1. The lowest BCUT2D eigenvalue weighted by molar-refractivity contribution is -0.139. The number of carbonyl (C=O) groups is 5. The number of carboxylic acid groups (broad SMARTS) is 2. The van der Waals surface area contributed by atoms with Gasteiger partial charge in [-0.25, -0.2) is 0 Å². The molecule has 7 N–H and O–H groups in total. The Kier molecular flexibility index (Phi) is 15.3. The monoisotopic (exact) mass is 463 g/mol. The first kappa shape index (κ1) is 28.8. The Morgan fingerprint density at radius 3 is 2.35 bits per heavy atom. The third-order valence-electron chi connectivity index (χ3n) is 4.40. The molecule has 0 aliphatic carbocycles. The second kappa shape index (κ2) is 16.5. The highest BCUT2D eigenvalue weighted by atomic mass is 32.2. The number of amides is 2. The number of thioether (sulfide) groups is 1. The second-order valence-electron chi connectivity index (χ2n) is 7.05. The summed E-state index contributed by atoms with van der Waals surface area (Å²) in [5, 5.41) is 32.0. The number of rotatable bonds is 18. The van der Waals surface area contributed by atoms with Crippen LogP contribution in [0.1, 0.15) is 51.9 Å². The highest BCUT2D eigenvalue weighted by molar-refractivity contribution is 8.00. The lowest BCUT2D eigenvalue weighted by atomic mass is 10.1. The Balaban J connectivity index is 5.02. The molecule has 0 heterocycles. The average Bonchev–Trinajstić information content (AvgIpc) is 2.71. The maximum atomic E-state index is 12.3. The van der Waals surface area contributed by atoms with Crippen molar-refractivity contribution in [1.29, 1.82) is 0 Å². The SMILES string of the molecule is CCCCC[C@@H](O)[C@H](CC=O)SC[C@H](NC(=O)CC[C@H](N)C(=O)O)C(=O)NCC(=O)O. The minimum absolute atomic E-state index is 0.00841. The molecule has 0 saturated carbocycles. The van der Waals surface area contributed by atoms with Crippen LogP contribution in [0.25, 0.3) is 0 Å². The first-order chi connectivity index (χ1) is 14.6. The summed E-state index contributed by atoms with van der Waals surface area (Å²) >= 11 is 1.13. The Labute approximate surface area is 185 Å². The summed E-state index contributed by atoms with van der Waals surface area (Å²) in [6, 6.07) is -2.36. The Bertz CT molecular complexity index is 605. The molecule has 0 aliphatic rings. The van der Waals surface area contributed by atoms with Crippen molar-refractivity contribution in [3.8, 4) is 0 Å². The number of aliphatic carboxylic acids is 2. The summed E-state index contributed by atoms with van der Waals surface area (Å²) < 4.78 is 0. The number of aliphatic hydroxyl groups is 1. The average molecular weight is 464 g/mol. The predicted octanol–water partition coefficient (Wildman–Crippen LogP) is -0.504. The topological polar surface area (TPSA) is 196 Å². The lowest BCUT2D eigenvalue weighted by Crippen LogP contribution is -2.50. The molecular weight excluding hydrogens is 430 g/mol. The number of aldehydes is 1. The molecule has 0 aromatic heterocycles. The van der Waals surface area contributed by atoms with Crippen molar-refractivity contribution in [2.45, 2.75) is 75.3 Å². The molecule has 2 amide bonds. The molecule has 12 heteroatoms. The van der Waals surface area contributed by atoms with E-state index in [4.69, 9.17) is 15.9 Å². The summed E-state index contributed by atoms with van der Waals surface area (Å²) in [5.74, 6) is -3.89. The number of unbranched alkanes of at least 4 members (excludes halogenated alkanes) is 2. The van der Waals surface area contributed by atoms with Crippen molar-refractivity contribution in [2.75, 3.05) is 12.3 Å². The van der Waals surface area contributed by atoms with Crippen LogP contribution < -0.4 is 16.4 Å². The van der Waals surface area contributed by atoms with Crippen LogP contribution >= 0.6 is 11.8 Å². The third-order valence-corrected chi connectivity index (χ3v) is 5.86. The number of nitrogens with one attached hydrogen (secondary N) is 2. The van der Waals surface area contributed by atoms with E-state index < -0.39 is 53.7 Å². The summed E-state index contributed by atoms with van der Waals surface area (Å²) in [6.45, 7) is 1.38. The molecule has 4 atom stereocenters. The molecule has 11 nitrogen and oxygen atoms in total.